The van der Waals surface area contributed by atoms with Gasteiger partial charge in [0, 0.05) is 16.6 Å². The molecule has 3 rings (SSSR count). The van der Waals surface area contributed by atoms with Crippen molar-refractivity contribution in [1.29, 1.82) is 0 Å². The van der Waals surface area contributed by atoms with Crippen molar-refractivity contribution in [2.24, 2.45) is 0 Å². The molecule has 0 aliphatic heterocycles. The van der Waals surface area contributed by atoms with Crippen LogP contribution < -0.4 is 10.9 Å². The Kier molecular flexibility index (Phi) is 4.03. The zero-order valence-corrected chi connectivity index (χ0v) is 13.2. The molecule has 0 spiro atoms. The summed E-state index contributed by atoms with van der Waals surface area (Å²) in [4.78, 5) is 26.8. The molecular weight excluding hydrogens is 313 g/mol. The highest BCUT2D eigenvalue weighted by molar-refractivity contribution is 5.98. The Morgan fingerprint density at radius 1 is 1.21 bits per heavy atom. The van der Waals surface area contributed by atoms with E-state index < -0.39 is 11.8 Å². The van der Waals surface area contributed by atoms with Gasteiger partial charge in [-0.1, -0.05) is 0 Å². The average molecular weight is 329 g/mol. The number of carbonyl (C=O) groups is 2. The van der Waals surface area contributed by atoms with Crippen LogP contribution in [-0.2, 0) is 11.3 Å². The first-order valence-corrected chi connectivity index (χ1v) is 7.31. The van der Waals surface area contributed by atoms with E-state index in [0.717, 1.165) is 11.4 Å². The predicted octanol–water partition coefficient (Wildman–Crippen LogP) is 1.58. The van der Waals surface area contributed by atoms with Gasteiger partial charge >= 0.3 is 0 Å². The van der Waals surface area contributed by atoms with E-state index >= 15 is 0 Å². The lowest BCUT2D eigenvalue weighted by Crippen LogP contribution is -2.43. The Labute approximate surface area is 136 Å². The average Bonchev–Trinajstić information content (AvgIpc) is 3.07. The summed E-state index contributed by atoms with van der Waals surface area (Å²) < 4.78 is 14.7. The smallest absolute Gasteiger partial charge is 0.286 e. The van der Waals surface area contributed by atoms with Gasteiger partial charge in [0.15, 0.2) is 0 Å². The molecule has 0 unspecified atom stereocenters. The number of aryl methyl sites for hydroxylation is 2. The van der Waals surface area contributed by atoms with Crippen molar-refractivity contribution in [2.75, 3.05) is 0 Å². The molecule has 2 amide bonds. The summed E-state index contributed by atoms with van der Waals surface area (Å²) in [7, 11) is 0. The highest BCUT2D eigenvalue weighted by atomic mass is 19.1. The maximum atomic E-state index is 13.2. The van der Waals surface area contributed by atoms with Crippen LogP contribution in [0.2, 0.25) is 0 Å². The van der Waals surface area contributed by atoms with E-state index in [1.54, 1.807) is 10.7 Å². The van der Waals surface area contributed by atoms with Gasteiger partial charge in [0.25, 0.3) is 11.8 Å². The number of aromatic amines is 1. The normalized spacial score (nSPS) is 10.8. The molecule has 7 nitrogen and oxygen atoms in total. The van der Waals surface area contributed by atoms with Gasteiger partial charge in [0.1, 0.15) is 18.1 Å². The topological polar surface area (TPSA) is 91.8 Å². The van der Waals surface area contributed by atoms with Crippen LogP contribution >= 0.6 is 0 Å². The zero-order chi connectivity index (χ0) is 17.3. The molecule has 0 fully saturated rings. The van der Waals surface area contributed by atoms with Gasteiger partial charge in [0.2, 0.25) is 0 Å². The third-order valence-corrected chi connectivity index (χ3v) is 3.54. The van der Waals surface area contributed by atoms with Gasteiger partial charge in [0.05, 0.1) is 5.69 Å². The van der Waals surface area contributed by atoms with Gasteiger partial charge < -0.3 is 4.98 Å². The lowest BCUT2D eigenvalue weighted by molar-refractivity contribution is -0.122. The summed E-state index contributed by atoms with van der Waals surface area (Å²) in [6, 6.07) is 7.54. The molecule has 1 aromatic carbocycles. The van der Waals surface area contributed by atoms with Crippen molar-refractivity contribution in [2.45, 2.75) is 20.4 Å². The molecule has 3 N–H and O–H groups in total. The highest BCUT2D eigenvalue weighted by Crippen LogP contribution is 2.16. The van der Waals surface area contributed by atoms with Crippen molar-refractivity contribution in [3.05, 3.63) is 53.2 Å². The number of aromatic nitrogens is 3. The molecule has 0 radical (unpaired) electrons. The number of hydrogen-bond donors (Lipinski definition) is 3. The van der Waals surface area contributed by atoms with Crippen molar-refractivity contribution in [3.63, 3.8) is 0 Å². The molecule has 2 heterocycles. The fourth-order valence-electron chi connectivity index (χ4n) is 2.43. The molecule has 2 aromatic heterocycles. The monoisotopic (exact) mass is 329 g/mol. The van der Waals surface area contributed by atoms with Crippen LogP contribution in [-0.4, -0.2) is 26.6 Å². The van der Waals surface area contributed by atoms with E-state index in [1.165, 1.54) is 18.2 Å². The Morgan fingerprint density at radius 3 is 2.71 bits per heavy atom. The van der Waals surface area contributed by atoms with Crippen LogP contribution in [0.25, 0.3) is 10.9 Å². The predicted molar refractivity (Wildman–Crippen MR) is 85.6 cm³/mol. The lowest BCUT2D eigenvalue weighted by atomic mass is 10.2. The van der Waals surface area contributed by atoms with Crippen LogP contribution in [0.5, 0.6) is 0 Å². The minimum Gasteiger partial charge on any atom is -0.350 e. The van der Waals surface area contributed by atoms with E-state index in [4.69, 9.17) is 0 Å². The number of halogens is 1. The SMILES string of the molecule is Cc1cc(C)n(CC(=O)NNC(=O)c2cc3cc(F)ccc3[nH]2)n1. The number of nitrogens with zero attached hydrogens (tertiary/aromatic N) is 2. The van der Waals surface area contributed by atoms with Crippen molar-refractivity contribution >= 4 is 22.7 Å². The summed E-state index contributed by atoms with van der Waals surface area (Å²) in [6.45, 7) is 3.68. The summed E-state index contributed by atoms with van der Waals surface area (Å²) >= 11 is 0. The van der Waals surface area contributed by atoms with Crippen LogP contribution in [0.15, 0.2) is 30.3 Å². The number of hydrazine groups is 1. The van der Waals surface area contributed by atoms with Gasteiger partial charge in [-0.25, -0.2) is 4.39 Å². The Bertz CT molecular complexity index is 928. The fraction of sp³-hybridized carbons (Fsp3) is 0.188. The first kappa shape index (κ1) is 15.7. The van der Waals surface area contributed by atoms with E-state index in [0.29, 0.717) is 10.9 Å². The Morgan fingerprint density at radius 2 is 2.00 bits per heavy atom. The zero-order valence-electron chi connectivity index (χ0n) is 13.2. The summed E-state index contributed by atoms with van der Waals surface area (Å²) in [5, 5.41) is 4.75. The number of hydrogen-bond acceptors (Lipinski definition) is 3. The number of benzene rings is 1. The second kappa shape index (κ2) is 6.15. The summed E-state index contributed by atoms with van der Waals surface area (Å²) in [5.41, 5.74) is 7.17. The lowest BCUT2D eigenvalue weighted by Gasteiger charge is -2.07. The molecule has 124 valence electrons. The van der Waals surface area contributed by atoms with Crippen molar-refractivity contribution < 1.29 is 14.0 Å². The Balaban J connectivity index is 1.61. The molecule has 24 heavy (non-hydrogen) atoms. The number of nitrogens with one attached hydrogen (secondary N) is 3. The van der Waals surface area contributed by atoms with Crippen LogP contribution in [0.4, 0.5) is 4.39 Å². The van der Waals surface area contributed by atoms with Gasteiger partial charge in [-0.2, -0.15) is 5.10 Å². The van der Waals surface area contributed by atoms with E-state index in [2.05, 4.69) is 20.9 Å². The number of rotatable bonds is 3. The first-order valence-electron chi connectivity index (χ1n) is 7.31. The van der Waals surface area contributed by atoms with Gasteiger partial charge in [-0.15, -0.1) is 0 Å². The van der Waals surface area contributed by atoms with Crippen LogP contribution in [0.3, 0.4) is 0 Å². The van der Waals surface area contributed by atoms with Crippen LogP contribution in [0, 0.1) is 19.7 Å². The van der Waals surface area contributed by atoms with Crippen molar-refractivity contribution in [3.8, 4) is 0 Å². The minimum atomic E-state index is -0.520. The highest BCUT2D eigenvalue weighted by Gasteiger charge is 2.12. The second-order valence-electron chi connectivity index (χ2n) is 5.50. The Hall–Kier alpha value is -3.16. The molecule has 0 saturated carbocycles. The summed E-state index contributed by atoms with van der Waals surface area (Å²) in [5.74, 6) is -1.31. The second-order valence-corrected chi connectivity index (χ2v) is 5.50. The van der Waals surface area contributed by atoms with E-state index in [9.17, 15) is 14.0 Å². The number of H-pyrrole nitrogens is 1. The molecule has 0 aliphatic carbocycles. The van der Waals surface area contributed by atoms with Gasteiger partial charge in [-0.3, -0.25) is 25.1 Å². The van der Waals surface area contributed by atoms with E-state index in [1.807, 2.05) is 19.9 Å². The third-order valence-electron chi connectivity index (χ3n) is 3.54. The summed E-state index contributed by atoms with van der Waals surface area (Å²) in [6.07, 6.45) is 0. The number of fused-ring (bicyclic) bond motifs is 1. The van der Waals surface area contributed by atoms with Crippen molar-refractivity contribution in [1.82, 2.24) is 25.6 Å². The third kappa shape index (κ3) is 3.27. The molecule has 8 heteroatoms. The number of carbonyl (C=O) groups excluding carboxylic acids is 2. The quantitative estimate of drug-likeness (QED) is 0.637. The molecule has 0 saturated heterocycles. The van der Waals surface area contributed by atoms with Gasteiger partial charge in [-0.05, 0) is 44.2 Å². The van der Waals surface area contributed by atoms with E-state index in [-0.39, 0.29) is 18.1 Å². The fourth-order valence-corrected chi connectivity index (χ4v) is 2.43. The molecule has 0 bridgehead atoms. The molecule has 3 aromatic rings. The maximum Gasteiger partial charge on any atom is 0.286 e. The maximum absolute atomic E-state index is 13.2. The molecule has 0 aliphatic rings. The van der Waals surface area contributed by atoms with Crippen LogP contribution in [0.1, 0.15) is 21.9 Å². The number of amides is 2. The standard InChI is InChI=1S/C16H16FN5O2/c1-9-5-10(2)22(21-9)8-15(23)19-20-16(24)14-7-11-6-12(17)3-4-13(11)18-14/h3-7,18H,8H2,1-2H3,(H,19,23)(H,20,24). The largest absolute Gasteiger partial charge is 0.350 e. The molecule has 0 atom stereocenters. The first-order chi connectivity index (χ1) is 11.4. The molecular formula is C16H16FN5O2. The minimum absolute atomic E-state index is 0.00212.